The van der Waals surface area contributed by atoms with Gasteiger partial charge in [0.15, 0.2) is 0 Å². The average molecular weight is 298 g/mol. The van der Waals surface area contributed by atoms with Gasteiger partial charge in [0.1, 0.15) is 0 Å². The summed E-state index contributed by atoms with van der Waals surface area (Å²) in [4.78, 5) is 0. The van der Waals surface area contributed by atoms with E-state index in [0.29, 0.717) is 19.5 Å². The second kappa shape index (κ2) is 7.76. The van der Waals surface area contributed by atoms with Gasteiger partial charge in [-0.3, -0.25) is 0 Å². The molecule has 0 radical (unpaired) electrons. The van der Waals surface area contributed by atoms with E-state index in [1.54, 1.807) is 4.31 Å². The van der Waals surface area contributed by atoms with Gasteiger partial charge in [-0.2, -0.15) is 4.31 Å². The maximum Gasteiger partial charge on any atom is 0.214 e. The Balaban J connectivity index is 2.81. The Morgan fingerprint density at radius 1 is 1.15 bits per heavy atom. The van der Waals surface area contributed by atoms with Gasteiger partial charge in [-0.1, -0.05) is 37.3 Å². The first-order valence-corrected chi connectivity index (χ1v) is 8.74. The van der Waals surface area contributed by atoms with Gasteiger partial charge in [0, 0.05) is 12.6 Å². The molecule has 0 bridgehead atoms. The highest BCUT2D eigenvalue weighted by Gasteiger charge is 2.26. The fourth-order valence-corrected chi connectivity index (χ4v) is 4.32. The van der Waals surface area contributed by atoms with Crippen LogP contribution in [0.25, 0.3) is 0 Å². The molecule has 0 amide bonds. The molecule has 1 aromatic carbocycles. The lowest BCUT2D eigenvalue weighted by Gasteiger charge is -2.27. The van der Waals surface area contributed by atoms with Crippen molar-refractivity contribution in [3.63, 3.8) is 0 Å². The lowest BCUT2D eigenvalue weighted by molar-refractivity contribution is 0.350. The molecule has 2 N–H and O–H groups in total. The maximum absolute atomic E-state index is 12.5. The highest BCUT2D eigenvalue weighted by Crippen LogP contribution is 2.20. The van der Waals surface area contributed by atoms with Crippen LogP contribution < -0.4 is 5.73 Å². The first-order valence-electron chi connectivity index (χ1n) is 7.13. The standard InChI is InChI=1S/C15H26N2O2S/c1-13(2)17(11-7-10-16)20(18,19)12-14(3)15-8-5-4-6-9-15/h4-6,8-9,13-14H,7,10-12,16H2,1-3H3. The van der Waals surface area contributed by atoms with E-state index >= 15 is 0 Å². The number of nitrogens with two attached hydrogens (primary N) is 1. The quantitative estimate of drug-likeness (QED) is 0.800. The number of rotatable bonds is 8. The van der Waals surface area contributed by atoms with E-state index in [1.165, 1.54) is 0 Å². The van der Waals surface area contributed by atoms with Crippen molar-refractivity contribution >= 4 is 10.0 Å². The second-order valence-electron chi connectivity index (χ2n) is 5.44. The SMILES string of the molecule is CC(CS(=O)(=O)N(CCCN)C(C)C)c1ccccc1. The largest absolute Gasteiger partial charge is 0.330 e. The third-order valence-corrected chi connectivity index (χ3v) is 5.59. The molecule has 1 aromatic rings. The van der Waals surface area contributed by atoms with Gasteiger partial charge in [-0.05, 0) is 38.3 Å². The van der Waals surface area contributed by atoms with Gasteiger partial charge in [-0.15, -0.1) is 0 Å². The van der Waals surface area contributed by atoms with E-state index in [-0.39, 0.29) is 17.7 Å². The van der Waals surface area contributed by atoms with E-state index in [1.807, 2.05) is 51.1 Å². The van der Waals surface area contributed by atoms with Crippen LogP contribution in [0, 0.1) is 0 Å². The van der Waals surface area contributed by atoms with Crippen molar-refractivity contribution in [2.75, 3.05) is 18.8 Å². The van der Waals surface area contributed by atoms with Crippen LogP contribution in [0.15, 0.2) is 30.3 Å². The monoisotopic (exact) mass is 298 g/mol. The lowest BCUT2D eigenvalue weighted by atomic mass is 10.0. The lowest BCUT2D eigenvalue weighted by Crippen LogP contribution is -2.40. The predicted molar refractivity (Wildman–Crippen MR) is 84.2 cm³/mol. The van der Waals surface area contributed by atoms with E-state index in [0.717, 1.165) is 5.56 Å². The van der Waals surface area contributed by atoms with Gasteiger partial charge in [-0.25, -0.2) is 8.42 Å². The molecule has 1 atom stereocenters. The molecule has 0 saturated carbocycles. The molecule has 0 aromatic heterocycles. The average Bonchev–Trinajstić information content (AvgIpc) is 2.39. The molecular weight excluding hydrogens is 272 g/mol. The number of hydrogen-bond acceptors (Lipinski definition) is 3. The van der Waals surface area contributed by atoms with Crippen molar-refractivity contribution in [3.8, 4) is 0 Å². The number of nitrogens with zero attached hydrogens (tertiary/aromatic N) is 1. The van der Waals surface area contributed by atoms with Crippen LogP contribution in [-0.4, -0.2) is 37.6 Å². The molecule has 0 aliphatic rings. The zero-order valence-corrected chi connectivity index (χ0v) is 13.4. The van der Waals surface area contributed by atoms with Crippen molar-refractivity contribution in [1.29, 1.82) is 0 Å². The third-order valence-electron chi connectivity index (χ3n) is 3.35. The van der Waals surface area contributed by atoms with E-state index in [4.69, 9.17) is 5.73 Å². The Morgan fingerprint density at radius 3 is 2.25 bits per heavy atom. The summed E-state index contributed by atoms with van der Waals surface area (Å²) >= 11 is 0. The Labute approximate surface area is 123 Å². The summed E-state index contributed by atoms with van der Waals surface area (Å²) in [6.45, 7) is 6.77. The molecule has 0 saturated heterocycles. The summed E-state index contributed by atoms with van der Waals surface area (Å²) in [6, 6.07) is 9.72. The van der Waals surface area contributed by atoms with E-state index in [2.05, 4.69) is 0 Å². The predicted octanol–water partition coefficient (Wildman–Crippen LogP) is 2.18. The molecule has 0 aliphatic heterocycles. The van der Waals surface area contributed by atoms with Crippen molar-refractivity contribution in [2.24, 2.45) is 5.73 Å². The molecule has 4 nitrogen and oxygen atoms in total. The summed E-state index contributed by atoms with van der Waals surface area (Å²) in [5.41, 5.74) is 6.55. The summed E-state index contributed by atoms with van der Waals surface area (Å²) in [7, 11) is -3.26. The molecule has 0 aliphatic carbocycles. The molecule has 5 heteroatoms. The molecular formula is C15H26N2O2S. The molecule has 1 unspecified atom stereocenters. The smallest absolute Gasteiger partial charge is 0.214 e. The van der Waals surface area contributed by atoms with Crippen molar-refractivity contribution in [3.05, 3.63) is 35.9 Å². The Hall–Kier alpha value is -0.910. The summed E-state index contributed by atoms with van der Waals surface area (Å²) in [6.07, 6.45) is 0.692. The highest BCUT2D eigenvalue weighted by molar-refractivity contribution is 7.89. The topological polar surface area (TPSA) is 63.4 Å². The maximum atomic E-state index is 12.5. The van der Waals surface area contributed by atoms with Gasteiger partial charge >= 0.3 is 0 Å². The van der Waals surface area contributed by atoms with Gasteiger partial charge in [0.05, 0.1) is 5.75 Å². The van der Waals surface area contributed by atoms with Crippen molar-refractivity contribution < 1.29 is 8.42 Å². The van der Waals surface area contributed by atoms with Crippen LogP contribution in [-0.2, 0) is 10.0 Å². The van der Waals surface area contributed by atoms with E-state index in [9.17, 15) is 8.42 Å². The van der Waals surface area contributed by atoms with Crippen LogP contribution >= 0.6 is 0 Å². The minimum atomic E-state index is -3.26. The summed E-state index contributed by atoms with van der Waals surface area (Å²) in [5.74, 6) is 0.125. The molecule has 0 spiro atoms. The molecule has 0 heterocycles. The van der Waals surface area contributed by atoms with Gasteiger partial charge in [0.25, 0.3) is 0 Å². The van der Waals surface area contributed by atoms with Crippen molar-refractivity contribution in [2.45, 2.75) is 39.2 Å². The number of hydrogen-bond donors (Lipinski definition) is 1. The molecule has 0 fully saturated rings. The third kappa shape index (κ3) is 4.89. The van der Waals surface area contributed by atoms with Crippen LogP contribution in [0.3, 0.4) is 0 Å². The molecule has 1 rings (SSSR count). The Morgan fingerprint density at radius 2 is 1.75 bits per heavy atom. The minimum Gasteiger partial charge on any atom is -0.330 e. The molecule has 20 heavy (non-hydrogen) atoms. The van der Waals surface area contributed by atoms with Crippen LogP contribution in [0.5, 0.6) is 0 Å². The summed E-state index contributed by atoms with van der Waals surface area (Å²) < 4.78 is 26.7. The highest BCUT2D eigenvalue weighted by atomic mass is 32.2. The summed E-state index contributed by atoms with van der Waals surface area (Å²) in [5, 5.41) is 0. The first-order chi connectivity index (χ1) is 9.38. The zero-order valence-electron chi connectivity index (χ0n) is 12.6. The first kappa shape index (κ1) is 17.1. The fraction of sp³-hybridized carbons (Fsp3) is 0.600. The van der Waals surface area contributed by atoms with Crippen molar-refractivity contribution in [1.82, 2.24) is 4.31 Å². The number of sulfonamides is 1. The molecule has 114 valence electrons. The zero-order chi connectivity index (χ0) is 15.2. The normalized spacial score (nSPS) is 13.9. The fourth-order valence-electron chi connectivity index (χ4n) is 2.26. The van der Waals surface area contributed by atoms with Crippen LogP contribution in [0.2, 0.25) is 0 Å². The van der Waals surface area contributed by atoms with Crippen LogP contribution in [0.1, 0.15) is 38.7 Å². The Bertz CT molecular complexity index is 486. The minimum absolute atomic E-state index is 0.0136. The van der Waals surface area contributed by atoms with E-state index < -0.39 is 10.0 Å². The van der Waals surface area contributed by atoms with Gasteiger partial charge in [0.2, 0.25) is 10.0 Å². The van der Waals surface area contributed by atoms with Crippen LogP contribution in [0.4, 0.5) is 0 Å². The van der Waals surface area contributed by atoms with Gasteiger partial charge < -0.3 is 5.73 Å². The number of benzene rings is 1. The second-order valence-corrected chi connectivity index (χ2v) is 7.40. The Kier molecular flexibility index (Phi) is 6.65.